The van der Waals surface area contributed by atoms with E-state index in [1.807, 2.05) is 63.4 Å². The Morgan fingerprint density at radius 1 is 1.21 bits per heavy atom. The van der Waals surface area contributed by atoms with Crippen LogP contribution in [0.1, 0.15) is 21.6 Å². The highest BCUT2D eigenvalue weighted by Crippen LogP contribution is 2.11. The molecule has 0 spiro atoms. The van der Waals surface area contributed by atoms with E-state index in [1.54, 1.807) is 17.5 Å². The zero-order valence-electron chi connectivity index (χ0n) is 12.8. The first-order valence-electron chi connectivity index (χ1n) is 7.53. The van der Waals surface area contributed by atoms with Gasteiger partial charge in [0.2, 0.25) is 0 Å². The molecule has 120 valence electrons. The Bertz CT molecular complexity index is 924. The van der Waals surface area contributed by atoms with Crippen molar-refractivity contribution in [1.82, 2.24) is 24.5 Å². The molecule has 3 heterocycles. The molecule has 0 fully saturated rings. The Morgan fingerprint density at radius 3 is 2.83 bits per heavy atom. The van der Waals surface area contributed by atoms with Gasteiger partial charge in [-0.15, -0.1) is 11.3 Å². The number of nitrogens with one attached hydrogen (secondary N) is 1. The van der Waals surface area contributed by atoms with Crippen molar-refractivity contribution in [2.75, 3.05) is 0 Å². The quantitative estimate of drug-likeness (QED) is 0.609. The molecule has 6 nitrogen and oxygen atoms in total. The van der Waals surface area contributed by atoms with E-state index in [4.69, 9.17) is 0 Å². The molecule has 7 heteroatoms. The molecule has 0 unspecified atom stereocenters. The van der Waals surface area contributed by atoms with Crippen LogP contribution in [0.2, 0.25) is 0 Å². The molecule has 1 amide bonds. The average Bonchev–Trinajstić information content (AvgIpc) is 3.30. The largest absolute Gasteiger partial charge is 0.346 e. The summed E-state index contributed by atoms with van der Waals surface area (Å²) in [5, 5.41) is 9.06. The second-order valence-corrected chi connectivity index (χ2v) is 6.28. The predicted molar refractivity (Wildman–Crippen MR) is 92.0 cm³/mol. The van der Waals surface area contributed by atoms with Crippen molar-refractivity contribution in [1.29, 1.82) is 0 Å². The van der Waals surface area contributed by atoms with Crippen molar-refractivity contribution in [3.8, 4) is 0 Å². The average molecular weight is 337 g/mol. The fraction of sp³-hybridized carbons (Fsp3) is 0.118. The maximum Gasteiger partial charge on any atom is 0.251 e. The maximum absolute atomic E-state index is 12.2. The van der Waals surface area contributed by atoms with Crippen LogP contribution in [0, 0.1) is 0 Å². The van der Waals surface area contributed by atoms with E-state index >= 15 is 0 Å². The third kappa shape index (κ3) is 3.07. The highest BCUT2D eigenvalue weighted by molar-refractivity contribution is 7.15. The van der Waals surface area contributed by atoms with E-state index in [1.165, 1.54) is 0 Å². The summed E-state index contributed by atoms with van der Waals surface area (Å²) < 4.78 is 3.80. The van der Waals surface area contributed by atoms with Gasteiger partial charge < -0.3 is 5.32 Å². The molecular weight excluding hydrogens is 322 g/mol. The SMILES string of the molecule is O=C(NCc1cn2ccsc2n1)c1ccc(Cn2cccn2)cc1. The standard InChI is InChI=1S/C17H15N5OS/c23-16(18-10-15-12-21-8-9-24-17(21)20-15)14-4-2-13(3-5-14)11-22-7-1-6-19-22/h1-9,12H,10-11H2,(H,18,23). The van der Waals surface area contributed by atoms with E-state index < -0.39 is 0 Å². The van der Waals surface area contributed by atoms with Crippen molar-refractivity contribution >= 4 is 22.2 Å². The van der Waals surface area contributed by atoms with Crippen LogP contribution in [0.15, 0.2) is 60.5 Å². The summed E-state index contributed by atoms with van der Waals surface area (Å²) in [5.41, 5.74) is 2.59. The molecule has 0 saturated heterocycles. The van der Waals surface area contributed by atoms with Gasteiger partial charge in [-0.05, 0) is 23.8 Å². The molecule has 0 bridgehead atoms. The number of hydrogen-bond donors (Lipinski definition) is 1. The number of fused-ring (bicyclic) bond motifs is 1. The zero-order chi connectivity index (χ0) is 16.4. The van der Waals surface area contributed by atoms with Gasteiger partial charge in [0.25, 0.3) is 5.91 Å². The molecule has 0 aliphatic heterocycles. The highest BCUT2D eigenvalue weighted by atomic mass is 32.1. The van der Waals surface area contributed by atoms with Crippen molar-refractivity contribution in [3.05, 3.63) is 77.3 Å². The lowest BCUT2D eigenvalue weighted by Gasteiger charge is -2.05. The summed E-state index contributed by atoms with van der Waals surface area (Å²) in [6.07, 6.45) is 7.55. The monoisotopic (exact) mass is 337 g/mol. The van der Waals surface area contributed by atoms with Gasteiger partial charge in [0.05, 0.1) is 18.8 Å². The first-order valence-corrected chi connectivity index (χ1v) is 8.41. The van der Waals surface area contributed by atoms with Crippen LogP contribution in [-0.2, 0) is 13.1 Å². The lowest BCUT2D eigenvalue weighted by atomic mass is 10.1. The van der Waals surface area contributed by atoms with E-state index in [-0.39, 0.29) is 5.91 Å². The van der Waals surface area contributed by atoms with Gasteiger partial charge in [-0.1, -0.05) is 12.1 Å². The molecule has 1 N–H and O–H groups in total. The van der Waals surface area contributed by atoms with Crippen LogP contribution >= 0.6 is 11.3 Å². The zero-order valence-corrected chi connectivity index (χ0v) is 13.6. The lowest BCUT2D eigenvalue weighted by molar-refractivity contribution is 0.0950. The number of amides is 1. The highest BCUT2D eigenvalue weighted by Gasteiger charge is 2.08. The third-order valence-electron chi connectivity index (χ3n) is 3.69. The fourth-order valence-corrected chi connectivity index (χ4v) is 3.20. The van der Waals surface area contributed by atoms with Crippen LogP contribution in [-0.4, -0.2) is 25.1 Å². The Morgan fingerprint density at radius 2 is 2.08 bits per heavy atom. The second-order valence-electron chi connectivity index (χ2n) is 5.41. The van der Waals surface area contributed by atoms with Gasteiger partial charge >= 0.3 is 0 Å². The number of carbonyl (C=O) groups is 1. The molecule has 0 aliphatic carbocycles. The molecule has 0 radical (unpaired) electrons. The van der Waals surface area contributed by atoms with Gasteiger partial charge in [0.1, 0.15) is 0 Å². The van der Waals surface area contributed by atoms with Crippen molar-refractivity contribution in [3.63, 3.8) is 0 Å². The van der Waals surface area contributed by atoms with Crippen LogP contribution in [0.5, 0.6) is 0 Å². The first-order chi connectivity index (χ1) is 11.8. The van der Waals surface area contributed by atoms with E-state index in [9.17, 15) is 4.79 Å². The summed E-state index contributed by atoms with van der Waals surface area (Å²) in [6.45, 7) is 1.11. The molecule has 0 saturated carbocycles. The topological polar surface area (TPSA) is 64.2 Å². The number of carbonyl (C=O) groups excluding carboxylic acids is 1. The Kier molecular flexibility index (Phi) is 3.84. The lowest BCUT2D eigenvalue weighted by Crippen LogP contribution is -2.22. The number of nitrogens with zero attached hydrogens (tertiary/aromatic N) is 4. The van der Waals surface area contributed by atoms with Crippen LogP contribution in [0.4, 0.5) is 0 Å². The number of hydrogen-bond acceptors (Lipinski definition) is 4. The Labute approximate surface area is 142 Å². The Hall–Kier alpha value is -2.93. The van der Waals surface area contributed by atoms with Crippen LogP contribution in [0.3, 0.4) is 0 Å². The van der Waals surface area contributed by atoms with E-state index in [0.29, 0.717) is 18.7 Å². The molecule has 1 aromatic carbocycles. The molecule has 0 atom stereocenters. The minimum absolute atomic E-state index is 0.100. The summed E-state index contributed by atoms with van der Waals surface area (Å²) in [6, 6.07) is 9.45. The molecule has 4 rings (SSSR count). The van der Waals surface area contributed by atoms with Crippen molar-refractivity contribution < 1.29 is 4.79 Å². The summed E-state index contributed by atoms with van der Waals surface area (Å²) in [7, 11) is 0. The third-order valence-corrected chi connectivity index (χ3v) is 4.46. The number of thiazole rings is 1. The number of imidazole rings is 1. The molecule has 24 heavy (non-hydrogen) atoms. The van der Waals surface area contributed by atoms with Crippen molar-refractivity contribution in [2.24, 2.45) is 0 Å². The molecule has 3 aromatic heterocycles. The van der Waals surface area contributed by atoms with Crippen LogP contribution < -0.4 is 5.32 Å². The predicted octanol–water partition coefficient (Wildman–Crippen LogP) is 2.57. The second kappa shape index (κ2) is 6.29. The number of rotatable bonds is 5. The fourth-order valence-electron chi connectivity index (χ4n) is 2.48. The first kappa shape index (κ1) is 14.6. The molecular formula is C17H15N5OS. The molecule has 4 aromatic rings. The number of aromatic nitrogens is 4. The summed E-state index contributed by atoms with van der Waals surface area (Å²) in [5.74, 6) is -0.100. The van der Waals surface area contributed by atoms with Gasteiger partial charge in [0.15, 0.2) is 4.96 Å². The van der Waals surface area contributed by atoms with Gasteiger partial charge in [-0.3, -0.25) is 13.9 Å². The number of benzene rings is 1. The maximum atomic E-state index is 12.2. The summed E-state index contributed by atoms with van der Waals surface area (Å²) in [4.78, 5) is 17.6. The Balaban J connectivity index is 1.37. The van der Waals surface area contributed by atoms with Crippen LogP contribution in [0.25, 0.3) is 4.96 Å². The smallest absolute Gasteiger partial charge is 0.251 e. The van der Waals surface area contributed by atoms with E-state index in [2.05, 4.69) is 15.4 Å². The normalized spacial score (nSPS) is 11.0. The van der Waals surface area contributed by atoms with E-state index in [0.717, 1.165) is 16.2 Å². The van der Waals surface area contributed by atoms with Crippen molar-refractivity contribution in [2.45, 2.75) is 13.1 Å². The minimum Gasteiger partial charge on any atom is -0.346 e. The van der Waals surface area contributed by atoms with Gasteiger partial charge in [0, 0.05) is 35.7 Å². The van der Waals surface area contributed by atoms with Gasteiger partial charge in [-0.2, -0.15) is 5.10 Å². The minimum atomic E-state index is -0.100. The van der Waals surface area contributed by atoms with Gasteiger partial charge in [-0.25, -0.2) is 4.98 Å². The molecule has 0 aliphatic rings. The summed E-state index contributed by atoms with van der Waals surface area (Å²) >= 11 is 1.57.